The lowest BCUT2D eigenvalue weighted by atomic mass is 10.2. The third-order valence-electron chi connectivity index (χ3n) is 4.32. The first kappa shape index (κ1) is 16.3. The zero-order valence-corrected chi connectivity index (χ0v) is 15.1. The number of rotatable bonds is 3. The number of carbonyl (C=O) groups excluding carboxylic acids is 1. The molecule has 0 bridgehead atoms. The highest BCUT2D eigenvalue weighted by molar-refractivity contribution is 9.10. The molecule has 0 radical (unpaired) electrons. The van der Waals surface area contributed by atoms with E-state index in [1.807, 2.05) is 17.8 Å². The van der Waals surface area contributed by atoms with Crippen LogP contribution >= 0.6 is 27.7 Å². The van der Waals surface area contributed by atoms with E-state index in [9.17, 15) is 4.79 Å². The first-order chi connectivity index (χ1) is 10.7. The van der Waals surface area contributed by atoms with Gasteiger partial charge in [-0.15, -0.1) is 0 Å². The van der Waals surface area contributed by atoms with Crippen molar-refractivity contribution >= 4 is 33.6 Å². The van der Waals surface area contributed by atoms with E-state index in [0.717, 1.165) is 35.5 Å². The Bertz CT molecular complexity index is 522. The predicted molar refractivity (Wildman–Crippen MR) is 94.4 cm³/mol. The Morgan fingerprint density at radius 3 is 2.86 bits per heavy atom. The summed E-state index contributed by atoms with van der Waals surface area (Å²) in [5, 5.41) is 0. The number of hydrogen-bond acceptors (Lipinski definition) is 4. The van der Waals surface area contributed by atoms with Crippen molar-refractivity contribution in [2.45, 2.75) is 25.3 Å². The van der Waals surface area contributed by atoms with Crippen LogP contribution in [-0.2, 0) is 0 Å². The summed E-state index contributed by atoms with van der Waals surface area (Å²) in [6.07, 6.45) is 7.07. The summed E-state index contributed by atoms with van der Waals surface area (Å²) >= 11 is 5.39. The fourth-order valence-corrected chi connectivity index (χ4v) is 4.63. The molecular formula is C16H22BrN3OS. The SMILES string of the molecule is O=C(c1cncc(Br)c1)N1CCCSC[C@@H]1CN1CCCC1. The molecule has 22 heavy (non-hydrogen) atoms. The molecule has 0 N–H and O–H groups in total. The van der Waals surface area contributed by atoms with E-state index < -0.39 is 0 Å². The van der Waals surface area contributed by atoms with Crippen molar-refractivity contribution in [1.29, 1.82) is 0 Å². The Hall–Kier alpha value is -0.590. The second kappa shape index (κ2) is 7.79. The maximum atomic E-state index is 12.9. The topological polar surface area (TPSA) is 36.4 Å². The summed E-state index contributed by atoms with van der Waals surface area (Å²) in [6.45, 7) is 4.24. The van der Waals surface area contributed by atoms with Crippen molar-refractivity contribution in [1.82, 2.24) is 14.8 Å². The number of carbonyl (C=O) groups is 1. The van der Waals surface area contributed by atoms with Gasteiger partial charge in [-0.1, -0.05) is 0 Å². The largest absolute Gasteiger partial charge is 0.333 e. The lowest BCUT2D eigenvalue weighted by molar-refractivity contribution is 0.0666. The summed E-state index contributed by atoms with van der Waals surface area (Å²) in [4.78, 5) is 21.7. The third-order valence-corrected chi connectivity index (χ3v) is 5.95. The van der Waals surface area contributed by atoms with E-state index in [2.05, 4.69) is 30.7 Å². The van der Waals surface area contributed by atoms with Gasteiger partial charge < -0.3 is 9.80 Å². The van der Waals surface area contributed by atoms with Crippen molar-refractivity contribution in [2.24, 2.45) is 0 Å². The number of likely N-dealkylation sites (tertiary alicyclic amines) is 1. The van der Waals surface area contributed by atoms with E-state index >= 15 is 0 Å². The van der Waals surface area contributed by atoms with E-state index in [0.29, 0.717) is 11.6 Å². The number of hydrogen-bond donors (Lipinski definition) is 0. The van der Waals surface area contributed by atoms with Crippen LogP contribution in [0.4, 0.5) is 0 Å². The lowest BCUT2D eigenvalue weighted by Crippen LogP contribution is -2.47. The van der Waals surface area contributed by atoms with Crippen LogP contribution in [0.1, 0.15) is 29.6 Å². The number of nitrogens with zero attached hydrogens (tertiary/aromatic N) is 3. The van der Waals surface area contributed by atoms with Gasteiger partial charge in [0.1, 0.15) is 0 Å². The minimum atomic E-state index is 0.125. The van der Waals surface area contributed by atoms with E-state index in [-0.39, 0.29) is 5.91 Å². The van der Waals surface area contributed by atoms with Crippen molar-refractivity contribution in [3.63, 3.8) is 0 Å². The van der Waals surface area contributed by atoms with Crippen LogP contribution in [0.15, 0.2) is 22.9 Å². The molecule has 120 valence electrons. The van der Waals surface area contributed by atoms with Crippen LogP contribution in [0.5, 0.6) is 0 Å². The molecule has 3 heterocycles. The summed E-state index contributed by atoms with van der Waals surface area (Å²) in [5.41, 5.74) is 0.688. The molecule has 1 atom stereocenters. The molecule has 0 aliphatic carbocycles. The molecule has 2 aliphatic rings. The van der Waals surface area contributed by atoms with Crippen molar-refractivity contribution < 1.29 is 4.79 Å². The number of thioether (sulfide) groups is 1. The number of pyridine rings is 1. The van der Waals surface area contributed by atoms with Crippen LogP contribution in [0, 0.1) is 0 Å². The second-order valence-corrected chi connectivity index (χ2v) is 8.05. The van der Waals surface area contributed by atoms with Crippen molar-refractivity contribution in [3.8, 4) is 0 Å². The predicted octanol–water partition coefficient (Wildman–Crippen LogP) is 2.89. The van der Waals surface area contributed by atoms with E-state index in [1.165, 1.54) is 25.9 Å². The number of amides is 1. The minimum absolute atomic E-state index is 0.125. The van der Waals surface area contributed by atoms with Gasteiger partial charge in [0.25, 0.3) is 5.91 Å². The lowest BCUT2D eigenvalue weighted by Gasteiger charge is -2.32. The zero-order valence-electron chi connectivity index (χ0n) is 12.7. The molecule has 2 aliphatic heterocycles. The molecule has 0 aromatic carbocycles. The number of halogens is 1. The molecule has 1 amide bonds. The zero-order chi connectivity index (χ0) is 15.4. The highest BCUT2D eigenvalue weighted by Crippen LogP contribution is 2.22. The van der Waals surface area contributed by atoms with Gasteiger partial charge in [-0.3, -0.25) is 9.78 Å². The smallest absolute Gasteiger partial charge is 0.255 e. The Kier molecular flexibility index (Phi) is 5.77. The Balaban J connectivity index is 1.75. The molecule has 6 heteroatoms. The highest BCUT2D eigenvalue weighted by atomic mass is 79.9. The highest BCUT2D eigenvalue weighted by Gasteiger charge is 2.29. The number of aromatic nitrogens is 1. The fourth-order valence-electron chi connectivity index (χ4n) is 3.21. The second-order valence-electron chi connectivity index (χ2n) is 5.98. The molecule has 1 aromatic rings. The molecule has 1 aromatic heterocycles. The first-order valence-corrected chi connectivity index (χ1v) is 9.90. The Morgan fingerprint density at radius 2 is 2.09 bits per heavy atom. The molecule has 2 fully saturated rings. The molecule has 2 saturated heterocycles. The van der Waals surface area contributed by atoms with Gasteiger partial charge >= 0.3 is 0 Å². The summed E-state index contributed by atoms with van der Waals surface area (Å²) in [7, 11) is 0. The van der Waals surface area contributed by atoms with Crippen LogP contribution in [0.2, 0.25) is 0 Å². The molecule has 3 rings (SSSR count). The van der Waals surface area contributed by atoms with E-state index in [4.69, 9.17) is 0 Å². The molecule has 0 unspecified atom stereocenters. The van der Waals surface area contributed by atoms with Gasteiger partial charge in [-0.05, 0) is 60.1 Å². The van der Waals surface area contributed by atoms with Gasteiger partial charge in [-0.2, -0.15) is 11.8 Å². The maximum absolute atomic E-state index is 12.9. The molecule has 4 nitrogen and oxygen atoms in total. The fraction of sp³-hybridized carbons (Fsp3) is 0.625. The van der Waals surface area contributed by atoms with Crippen LogP contribution in [0.3, 0.4) is 0 Å². The maximum Gasteiger partial charge on any atom is 0.255 e. The van der Waals surface area contributed by atoms with Gasteiger partial charge in [-0.25, -0.2) is 0 Å². The average Bonchev–Trinajstić information content (AvgIpc) is 2.92. The molecule has 0 spiro atoms. The molecule has 0 saturated carbocycles. The average molecular weight is 384 g/mol. The standard InChI is InChI=1S/C16H22BrN3OS/c17-14-8-13(9-18-10-14)16(21)20-6-3-7-22-12-15(20)11-19-4-1-2-5-19/h8-10,15H,1-7,11-12H2/t15-/m0/s1. The monoisotopic (exact) mass is 383 g/mol. The Morgan fingerprint density at radius 1 is 1.27 bits per heavy atom. The normalized spacial score (nSPS) is 23.5. The van der Waals surface area contributed by atoms with Crippen LogP contribution in [0.25, 0.3) is 0 Å². The van der Waals surface area contributed by atoms with Crippen LogP contribution in [-0.4, -0.2) is 64.4 Å². The first-order valence-electron chi connectivity index (χ1n) is 7.95. The minimum Gasteiger partial charge on any atom is -0.333 e. The van der Waals surface area contributed by atoms with E-state index in [1.54, 1.807) is 12.4 Å². The van der Waals surface area contributed by atoms with Gasteiger partial charge in [0.05, 0.1) is 11.6 Å². The third kappa shape index (κ3) is 4.03. The Labute approximate surface area is 144 Å². The van der Waals surface area contributed by atoms with Gasteiger partial charge in [0.2, 0.25) is 0 Å². The van der Waals surface area contributed by atoms with Gasteiger partial charge in [0, 0.05) is 35.7 Å². The van der Waals surface area contributed by atoms with Crippen molar-refractivity contribution in [3.05, 3.63) is 28.5 Å². The quantitative estimate of drug-likeness (QED) is 0.803. The summed E-state index contributed by atoms with van der Waals surface area (Å²) in [5.74, 6) is 2.32. The molecular weight excluding hydrogens is 362 g/mol. The van der Waals surface area contributed by atoms with Gasteiger partial charge in [0.15, 0.2) is 0 Å². The van der Waals surface area contributed by atoms with Crippen molar-refractivity contribution in [2.75, 3.05) is 37.7 Å². The summed E-state index contributed by atoms with van der Waals surface area (Å²) in [6, 6.07) is 2.19. The van der Waals surface area contributed by atoms with Crippen LogP contribution < -0.4 is 0 Å². The summed E-state index contributed by atoms with van der Waals surface area (Å²) < 4.78 is 0.860.